The largest absolute Gasteiger partial charge is 0.508 e. The van der Waals surface area contributed by atoms with E-state index in [0.717, 1.165) is 13.1 Å². The highest BCUT2D eigenvalue weighted by Crippen LogP contribution is 2.22. The number of sulfone groups is 1. The lowest BCUT2D eigenvalue weighted by Crippen LogP contribution is -2.50. The number of piperazine rings is 1. The van der Waals surface area contributed by atoms with E-state index in [0.29, 0.717) is 13.1 Å². The van der Waals surface area contributed by atoms with E-state index >= 15 is 0 Å². The van der Waals surface area contributed by atoms with Crippen LogP contribution in [0.5, 0.6) is 5.75 Å². The summed E-state index contributed by atoms with van der Waals surface area (Å²) < 4.78 is 25.3. The van der Waals surface area contributed by atoms with Gasteiger partial charge in [-0.2, -0.15) is 0 Å². The van der Waals surface area contributed by atoms with Crippen LogP contribution in [-0.2, 0) is 9.84 Å². The number of likely N-dealkylation sites (N-methyl/N-ethyl adjacent to an activating group) is 1. The Hall–Kier alpha value is -1.37. The summed E-state index contributed by atoms with van der Waals surface area (Å²) in [5.41, 5.74) is 0. The highest BCUT2D eigenvalue weighted by Gasteiger charge is 2.31. The summed E-state index contributed by atoms with van der Waals surface area (Å²) in [4.78, 5) is 4.30. The zero-order valence-electron chi connectivity index (χ0n) is 11.6. The highest BCUT2D eigenvalue weighted by atomic mass is 32.2. The van der Waals surface area contributed by atoms with Crippen LogP contribution in [0, 0.1) is 0 Å². The van der Waals surface area contributed by atoms with E-state index < -0.39 is 15.2 Å². The Morgan fingerprint density at radius 3 is 2.25 bits per heavy atom. The number of phenolic OH excluding ortho intramolecular Hbond substituents is 1. The van der Waals surface area contributed by atoms with E-state index in [1.165, 1.54) is 30.3 Å². The monoisotopic (exact) mass is 296 g/mol. The fourth-order valence-electron chi connectivity index (χ4n) is 2.32. The smallest absolute Gasteiger partial charge is 0.198 e. The third-order valence-corrected chi connectivity index (χ3v) is 5.64. The van der Waals surface area contributed by atoms with Crippen LogP contribution < -0.4 is 0 Å². The zero-order valence-corrected chi connectivity index (χ0v) is 12.4. The molecule has 0 aromatic heterocycles. The Bertz CT molecular complexity index is 561. The Labute approximate surface area is 120 Å². The van der Waals surface area contributed by atoms with Crippen molar-refractivity contribution in [2.24, 2.45) is 0 Å². The molecule has 0 spiro atoms. The van der Waals surface area contributed by atoms with Crippen molar-refractivity contribution in [1.29, 1.82) is 0 Å². The maximum Gasteiger partial charge on any atom is 0.198 e. The predicted molar refractivity (Wildman–Crippen MR) is 78.3 cm³/mol. The molecule has 5 nitrogen and oxygen atoms in total. The van der Waals surface area contributed by atoms with E-state index in [2.05, 4.69) is 11.5 Å². The van der Waals surface area contributed by atoms with E-state index in [1.54, 1.807) is 0 Å². The molecule has 2 rings (SSSR count). The average molecular weight is 296 g/mol. The lowest BCUT2D eigenvalue weighted by molar-refractivity contribution is 0.154. The predicted octanol–water partition coefficient (Wildman–Crippen LogP) is 0.925. The molecule has 1 aromatic carbocycles. The van der Waals surface area contributed by atoms with Crippen LogP contribution in [0.4, 0.5) is 0 Å². The Morgan fingerprint density at radius 1 is 1.20 bits per heavy atom. The molecule has 110 valence electrons. The molecule has 0 saturated carbocycles. The summed E-state index contributed by atoms with van der Waals surface area (Å²) in [6, 6.07) is 5.63. The number of phenols is 1. The normalized spacial score (nSPS) is 19.6. The molecule has 1 N–H and O–H groups in total. The zero-order chi connectivity index (χ0) is 14.8. The van der Waals surface area contributed by atoms with Gasteiger partial charge in [-0.05, 0) is 31.3 Å². The molecule has 1 aliphatic heterocycles. The number of hydrogen-bond acceptors (Lipinski definition) is 5. The molecule has 1 saturated heterocycles. The van der Waals surface area contributed by atoms with Crippen molar-refractivity contribution in [3.63, 3.8) is 0 Å². The number of hydrogen-bond donors (Lipinski definition) is 1. The van der Waals surface area contributed by atoms with Crippen molar-refractivity contribution in [3.05, 3.63) is 36.9 Å². The second kappa shape index (κ2) is 5.95. The molecular weight excluding hydrogens is 276 g/mol. The minimum atomic E-state index is -3.51. The fourth-order valence-corrected chi connectivity index (χ4v) is 3.97. The van der Waals surface area contributed by atoms with Crippen LogP contribution in [0.2, 0.25) is 0 Å². The summed E-state index contributed by atoms with van der Waals surface area (Å²) in [7, 11) is -1.48. The summed E-state index contributed by atoms with van der Waals surface area (Å²) in [5, 5.41) is 8.54. The van der Waals surface area contributed by atoms with Gasteiger partial charge in [0, 0.05) is 26.2 Å². The number of nitrogens with zero attached hydrogens (tertiary/aromatic N) is 2. The summed E-state index contributed by atoms with van der Waals surface area (Å²) in [5.74, 6) is 0.0544. The van der Waals surface area contributed by atoms with Crippen molar-refractivity contribution in [3.8, 4) is 5.75 Å². The summed E-state index contributed by atoms with van der Waals surface area (Å²) in [6.07, 6.45) is 1.48. The molecule has 1 aliphatic rings. The van der Waals surface area contributed by atoms with Crippen LogP contribution in [0.1, 0.15) is 0 Å². The first-order valence-corrected chi connectivity index (χ1v) is 8.08. The highest BCUT2D eigenvalue weighted by molar-refractivity contribution is 7.92. The fraction of sp³-hybridized carbons (Fsp3) is 0.429. The van der Waals surface area contributed by atoms with Crippen LogP contribution >= 0.6 is 0 Å². The third-order valence-electron chi connectivity index (χ3n) is 3.58. The molecule has 0 amide bonds. The van der Waals surface area contributed by atoms with E-state index in [9.17, 15) is 13.5 Å². The quantitative estimate of drug-likeness (QED) is 0.838. The van der Waals surface area contributed by atoms with E-state index in [1.807, 2.05) is 11.9 Å². The Morgan fingerprint density at radius 2 is 1.75 bits per heavy atom. The molecule has 1 aromatic rings. The minimum absolute atomic E-state index is 0.0544. The lowest BCUT2D eigenvalue weighted by Gasteiger charge is -2.36. The van der Waals surface area contributed by atoms with Crippen molar-refractivity contribution in [2.75, 3.05) is 33.2 Å². The minimum Gasteiger partial charge on any atom is -0.508 e. The Kier molecular flexibility index (Phi) is 4.47. The van der Waals surface area contributed by atoms with Gasteiger partial charge in [-0.25, -0.2) is 8.42 Å². The van der Waals surface area contributed by atoms with Gasteiger partial charge < -0.3 is 10.0 Å². The third kappa shape index (κ3) is 3.03. The topological polar surface area (TPSA) is 60.9 Å². The van der Waals surface area contributed by atoms with Gasteiger partial charge in [0.25, 0.3) is 0 Å². The number of rotatable bonds is 4. The average Bonchev–Trinajstić information content (AvgIpc) is 2.42. The molecule has 1 unspecified atom stereocenters. The number of benzene rings is 1. The molecule has 6 heteroatoms. The second-order valence-corrected chi connectivity index (χ2v) is 7.05. The van der Waals surface area contributed by atoms with Crippen LogP contribution in [0.25, 0.3) is 0 Å². The van der Waals surface area contributed by atoms with Crippen LogP contribution in [-0.4, -0.2) is 61.9 Å². The molecule has 0 aliphatic carbocycles. The maximum atomic E-state index is 12.6. The van der Waals surface area contributed by atoms with Crippen molar-refractivity contribution in [1.82, 2.24) is 9.80 Å². The number of aromatic hydroxyl groups is 1. The second-order valence-electron chi connectivity index (χ2n) is 5.00. The van der Waals surface area contributed by atoms with Gasteiger partial charge >= 0.3 is 0 Å². The van der Waals surface area contributed by atoms with Crippen molar-refractivity contribution in [2.45, 2.75) is 10.3 Å². The van der Waals surface area contributed by atoms with Gasteiger partial charge in [-0.3, -0.25) is 4.90 Å². The van der Waals surface area contributed by atoms with Crippen LogP contribution in [0.15, 0.2) is 41.8 Å². The van der Waals surface area contributed by atoms with E-state index in [4.69, 9.17) is 0 Å². The van der Waals surface area contributed by atoms with E-state index in [-0.39, 0.29) is 10.6 Å². The first-order chi connectivity index (χ1) is 9.45. The van der Waals surface area contributed by atoms with Gasteiger partial charge in [0.15, 0.2) is 9.84 Å². The van der Waals surface area contributed by atoms with Gasteiger partial charge in [0.1, 0.15) is 11.1 Å². The van der Waals surface area contributed by atoms with Crippen LogP contribution in [0.3, 0.4) is 0 Å². The summed E-state index contributed by atoms with van der Waals surface area (Å²) in [6.45, 7) is 6.76. The standard InChI is InChI=1S/C14H20N2O3S/c1-3-14(16-10-8-15(2)9-11-16)20(18,19)13-6-4-12(17)5-7-13/h3-7,14,17H,1,8-11H2,2H3. The summed E-state index contributed by atoms with van der Waals surface area (Å²) >= 11 is 0. The molecule has 1 atom stereocenters. The Balaban J connectivity index is 2.25. The first kappa shape index (κ1) is 15.0. The van der Waals surface area contributed by atoms with Crippen molar-refractivity contribution >= 4 is 9.84 Å². The molecule has 0 bridgehead atoms. The molecule has 1 heterocycles. The lowest BCUT2D eigenvalue weighted by atomic mass is 10.3. The van der Waals surface area contributed by atoms with Gasteiger partial charge in [-0.15, -0.1) is 6.58 Å². The molecular formula is C14H20N2O3S. The molecule has 20 heavy (non-hydrogen) atoms. The van der Waals surface area contributed by atoms with Gasteiger partial charge in [0.2, 0.25) is 0 Å². The van der Waals surface area contributed by atoms with Gasteiger partial charge in [-0.1, -0.05) is 6.08 Å². The first-order valence-electron chi connectivity index (χ1n) is 6.53. The SMILES string of the molecule is C=CC(N1CCN(C)CC1)S(=O)(=O)c1ccc(O)cc1. The molecule has 1 fully saturated rings. The maximum absolute atomic E-state index is 12.6. The van der Waals surface area contributed by atoms with Gasteiger partial charge in [0.05, 0.1) is 4.90 Å². The molecule has 0 radical (unpaired) electrons. The van der Waals surface area contributed by atoms with Crippen molar-refractivity contribution < 1.29 is 13.5 Å².